The molecule has 2 N–H and O–H groups in total. The molecule has 0 amide bonds. The molecule has 0 bridgehead atoms. The van der Waals surface area contributed by atoms with Crippen molar-refractivity contribution in [1.82, 2.24) is 24.7 Å². The number of methoxy groups -OCH3 is 2. The molecule has 0 saturated carbocycles. The van der Waals surface area contributed by atoms with Gasteiger partial charge in [-0.3, -0.25) is 0 Å². The largest absolute Gasteiger partial charge is 0.493 e. The Labute approximate surface area is 212 Å². The van der Waals surface area contributed by atoms with Gasteiger partial charge in [0.05, 0.1) is 14.2 Å². The number of nitrogens with zero attached hydrogens (tertiary/aromatic N) is 5. The molecule has 0 atom stereocenters. The molecular weight excluding hydrogens is 476 g/mol. The molecule has 0 aliphatic rings. The van der Waals surface area contributed by atoms with Gasteiger partial charge in [-0.15, -0.1) is 16.4 Å². The monoisotopic (exact) mass is 500 g/mol. The number of hydrogen-bond acceptors (Lipinski definition) is 9. The molecule has 5 rings (SSSR count). The molecule has 0 fully saturated rings. The van der Waals surface area contributed by atoms with Crippen LogP contribution in [0.4, 0.5) is 5.95 Å². The molecule has 2 aromatic carbocycles. The summed E-state index contributed by atoms with van der Waals surface area (Å²) < 4.78 is 18.4. The van der Waals surface area contributed by atoms with Crippen molar-refractivity contribution in [3.8, 4) is 33.6 Å². The van der Waals surface area contributed by atoms with Gasteiger partial charge in [0.1, 0.15) is 18.8 Å². The first-order valence-electron chi connectivity index (χ1n) is 11.1. The summed E-state index contributed by atoms with van der Waals surface area (Å²) in [5, 5.41) is 6.41. The highest BCUT2D eigenvalue weighted by molar-refractivity contribution is 7.13. The van der Waals surface area contributed by atoms with Gasteiger partial charge < -0.3 is 19.9 Å². The quantitative estimate of drug-likeness (QED) is 0.314. The third-order valence-electron chi connectivity index (χ3n) is 5.52. The molecule has 0 saturated heterocycles. The van der Waals surface area contributed by atoms with E-state index in [4.69, 9.17) is 19.9 Å². The van der Waals surface area contributed by atoms with Gasteiger partial charge in [-0.2, -0.15) is 9.67 Å². The van der Waals surface area contributed by atoms with Gasteiger partial charge in [-0.25, -0.2) is 9.97 Å². The van der Waals surface area contributed by atoms with Crippen LogP contribution in [-0.4, -0.2) is 39.0 Å². The number of thiophene rings is 1. The Morgan fingerprint density at radius 2 is 1.81 bits per heavy atom. The maximum Gasteiger partial charge on any atom is 0.240 e. The van der Waals surface area contributed by atoms with Gasteiger partial charge in [0, 0.05) is 17.4 Å². The SMILES string of the molecule is COc1ccc(Cc2nc(N)nn2-c2cc(OCc3ccccc3-c3cccs3)ncn2)cc1OC. The Morgan fingerprint density at radius 3 is 2.61 bits per heavy atom. The van der Waals surface area contributed by atoms with Crippen LogP contribution in [0, 0.1) is 0 Å². The van der Waals surface area contributed by atoms with E-state index in [-0.39, 0.29) is 5.95 Å². The maximum absolute atomic E-state index is 6.04. The van der Waals surface area contributed by atoms with Crippen LogP contribution in [0.1, 0.15) is 17.0 Å². The second-order valence-corrected chi connectivity index (χ2v) is 8.75. The zero-order valence-corrected chi connectivity index (χ0v) is 20.6. The Morgan fingerprint density at radius 1 is 0.944 bits per heavy atom. The van der Waals surface area contributed by atoms with Crippen molar-refractivity contribution in [2.45, 2.75) is 13.0 Å². The summed E-state index contributed by atoms with van der Waals surface area (Å²) in [6, 6.07) is 19.7. The lowest BCUT2D eigenvalue weighted by molar-refractivity contribution is 0.293. The maximum atomic E-state index is 6.04. The van der Waals surface area contributed by atoms with Crippen molar-refractivity contribution in [2.75, 3.05) is 20.0 Å². The van der Waals surface area contributed by atoms with Crippen LogP contribution in [0.2, 0.25) is 0 Å². The Kier molecular flexibility index (Phi) is 6.76. The molecule has 3 aromatic heterocycles. The number of nitrogen functional groups attached to an aromatic ring is 1. The molecule has 0 spiro atoms. The summed E-state index contributed by atoms with van der Waals surface area (Å²) in [6.45, 7) is 0.364. The smallest absolute Gasteiger partial charge is 0.240 e. The number of benzene rings is 2. The van der Waals surface area contributed by atoms with Gasteiger partial charge in [-0.1, -0.05) is 36.4 Å². The molecule has 5 aromatic rings. The lowest BCUT2D eigenvalue weighted by Gasteiger charge is -2.11. The van der Waals surface area contributed by atoms with Crippen molar-refractivity contribution < 1.29 is 14.2 Å². The summed E-state index contributed by atoms with van der Waals surface area (Å²) in [7, 11) is 3.20. The molecule has 3 heterocycles. The van der Waals surface area contributed by atoms with E-state index in [9.17, 15) is 0 Å². The number of aromatic nitrogens is 5. The molecular formula is C26H24N6O3S. The minimum absolute atomic E-state index is 0.149. The van der Waals surface area contributed by atoms with Gasteiger partial charge in [0.2, 0.25) is 11.8 Å². The highest BCUT2D eigenvalue weighted by Crippen LogP contribution is 2.30. The molecule has 0 aliphatic heterocycles. The van der Waals surface area contributed by atoms with Crippen molar-refractivity contribution in [2.24, 2.45) is 0 Å². The fourth-order valence-electron chi connectivity index (χ4n) is 3.83. The van der Waals surface area contributed by atoms with Gasteiger partial charge >= 0.3 is 0 Å². The van der Waals surface area contributed by atoms with Crippen LogP contribution in [-0.2, 0) is 13.0 Å². The Bertz CT molecular complexity index is 1470. The summed E-state index contributed by atoms with van der Waals surface area (Å²) in [6.07, 6.45) is 1.90. The van der Waals surface area contributed by atoms with E-state index >= 15 is 0 Å². The highest BCUT2D eigenvalue weighted by atomic mass is 32.1. The first-order chi connectivity index (χ1) is 17.6. The number of ether oxygens (including phenoxy) is 3. The molecule has 36 heavy (non-hydrogen) atoms. The standard InChI is InChI=1S/C26H24N6O3S/c1-33-20-10-9-17(12-21(20)34-2)13-24-30-26(27)31-32(24)23-14-25(29-16-28-23)35-15-18-6-3-4-7-19(18)22-8-5-11-36-22/h3-12,14,16H,13,15H2,1-2H3,(H2,27,31). The van der Waals surface area contributed by atoms with E-state index in [0.717, 1.165) is 16.7 Å². The lowest BCUT2D eigenvalue weighted by Crippen LogP contribution is -2.08. The van der Waals surface area contributed by atoms with Crippen molar-refractivity contribution in [3.63, 3.8) is 0 Å². The molecule has 0 aliphatic carbocycles. The first kappa shape index (κ1) is 23.3. The van der Waals surface area contributed by atoms with Crippen LogP contribution in [0.3, 0.4) is 0 Å². The Hall–Kier alpha value is -4.44. The molecule has 182 valence electrons. The van der Waals surface area contributed by atoms with Crippen LogP contribution in [0.25, 0.3) is 16.3 Å². The first-order valence-corrected chi connectivity index (χ1v) is 12.0. The average molecular weight is 501 g/mol. The predicted molar refractivity (Wildman–Crippen MR) is 138 cm³/mol. The molecule has 9 nitrogen and oxygen atoms in total. The van der Waals surface area contributed by atoms with E-state index in [1.165, 1.54) is 11.2 Å². The third kappa shape index (κ3) is 4.98. The van der Waals surface area contributed by atoms with Crippen LogP contribution in [0.15, 0.2) is 72.4 Å². The fraction of sp³-hybridized carbons (Fsp3) is 0.154. The second-order valence-electron chi connectivity index (χ2n) is 7.80. The third-order valence-corrected chi connectivity index (χ3v) is 6.43. The van der Waals surface area contributed by atoms with Gasteiger partial charge in [-0.05, 0) is 40.3 Å². The zero-order chi connectivity index (χ0) is 24.9. The van der Waals surface area contributed by atoms with Crippen LogP contribution in [0.5, 0.6) is 17.4 Å². The van der Waals surface area contributed by atoms with Crippen molar-refractivity contribution in [3.05, 3.63) is 89.3 Å². The minimum Gasteiger partial charge on any atom is -0.493 e. The average Bonchev–Trinajstić information content (AvgIpc) is 3.58. The number of nitrogens with two attached hydrogens (primary N) is 1. The number of hydrogen-bond donors (Lipinski definition) is 1. The Balaban J connectivity index is 1.37. The van der Waals surface area contributed by atoms with Gasteiger partial charge in [0.25, 0.3) is 0 Å². The summed E-state index contributed by atoms with van der Waals surface area (Å²) in [4.78, 5) is 14.2. The summed E-state index contributed by atoms with van der Waals surface area (Å²) >= 11 is 1.69. The van der Waals surface area contributed by atoms with E-state index < -0.39 is 0 Å². The summed E-state index contributed by atoms with van der Waals surface area (Å²) in [5.74, 6) is 2.98. The number of anilines is 1. The summed E-state index contributed by atoms with van der Waals surface area (Å²) in [5.41, 5.74) is 9.11. The molecule has 0 unspecified atom stereocenters. The van der Waals surface area contributed by atoms with Gasteiger partial charge in [0.15, 0.2) is 17.3 Å². The highest BCUT2D eigenvalue weighted by Gasteiger charge is 2.15. The van der Waals surface area contributed by atoms with Crippen LogP contribution >= 0.6 is 11.3 Å². The second kappa shape index (κ2) is 10.4. The van der Waals surface area contributed by atoms with E-state index in [1.54, 1.807) is 36.3 Å². The van der Waals surface area contributed by atoms with E-state index in [0.29, 0.717) is 42.0 Å². The fourth-order valence-corrected chi connectivity index (χ4v) is 4.61. The van der Waals surface area contributed by atoms with Crippen molar-refractivity contribution >= 4 is 17.3 Å². The van der Waals surface area contributed by atoms with E-state index in [2.05, 4.69) is 43.6 Å². The zero-order valence-electron chi connectivity index (χ0n) is 19.8. The number of rotatable bonds is 9. The van der Waals surface area contributed by atoms with Crippen LogP contribution < -0.4 is 19.9 Å². The van der Waals surface area contributed by atoms with E-state index in [1.807, 2.05) is 36.4 Å². The normalized spacial score (nSPS) is 10.8. The topological polar surface area (TPSA) is 110 Å². The lowest BCUT2D eigenvalue weighted by atomic mass is 10.1. The predicted octanol–water partition coefficient (Wildman–Crippen LogP) is 4.56. The minimum atomic E-state index is 0.149. The van der Waals surface area contributed by atoms with Crippen molar-refractivity contribution in [1.29, 1.82) is 0 Å². The molecule has 10 heteroatoms. The molecule has 0 radical (unpaired) electrons.